The van der Waals surface area contributed by atoms with Gasteiger partial charge >= 0.3 is 4.87 Å². The second-order valence-electron chi connectivity index (χ2n) is 5.58. The largest absolute Gasteiger partial charge is 0.486 e. The van der Waals surface area contributed by atoms with Gasteiger partial charge < -0.3 is 19.4 Å². The third-order valence-corrected chi connectivity index (χ3v) is 5.65. The SMILES string of the molecule is Cc1csc(=O)n1CCC(=O)Nc1nc2cc3c(cc2s1)OCCO3. The molecule has 3 heterocycles. The number of carbonyl (C=O) groups is 1. The van der Waals surface area contributed by atoms with Gasteiger partial charge in [0.2, 0.25) is 5.91 Å². The van der Waals surface area contributed by atoms with E-state index in [9.17, 15) is 9.59 Å². The minimum atomic E-state index is -0.172. The Balaban J connectivity index is 1.46. The molecular weight excluding hydrogens is 362 g/mol. The fourth-order valence-electron chi connectivity index (χ4n) is 2.59. The standard InChI is InChI=1S/C16H15N3O4S2/c1-9-8-24-16(21)19(9)3-2-14(20)18-15-17-10-6-11-12(7-13(10)25-15)23-5-4-22-11/h6-8H,2-5H2,1H3,(H,17,18,20). The number of anilines is 1. The van der Waals surface area contributed by atoms with Crippen LogP contribution >= 0.6 is 22.7 Å². The Morgan fingerprint density at radius 2 is 2.08 bits per heavy atom. The Hall–Kier alpha value is -2.39. The molecule has 0 aliphatic carbocycles. The summed E-state index contributed by atoms with van der Waals surface area (Å²) in [5.74, 6) is 1.20. The summed E-state index contributed by atoms with van der Waals surface area (Å²) < 4.78 is 13.6. The van der Waals surface area contributed by atoms with Crippen LogP contribution < -0.4 is 19.7 Å². The smallest absolute Gasteiger partial charge is 0.307 e. The summed E-state index contributed by atoms with van der Waals surface area (Å²) in [5.41, 5.74) is 1.63. The number of hydrogen-bond acceptors (Lipinski definition) is 7. The molecule has 1 amide bonds. The second-order valence-corrected chi connectivity index (χ2v) is 7.43. The Kier molecular flexibility index (Phi) is 4.18. The molecule has 9 heteroatoms. The number of thiazole rings is 2. The molecule has 3 aromatic rings. The summed E-state index contributed by atoms with van der Waals surface area (Å²) in [7, 11) is 0. The van der Waals surface area contributed by atoms with Crippen LogP contribution in [0.4, 0.5) is 5.13 Å². The minimum absolute atomic E-state index is 0.0455. The van der Waals surface area contributed by atoms with E-state index in [1.165, 1.54) is 11.3 Å². The van der Waals surface area contributed by atoms with Crippen LogP contribution in [-0.2, 0) is 11.3 Å². The number of carbonyl (C=O) groups excluding carboxylic acids is 1. The van der Waals surface area contributed by atoms with Crippen molar-refractivity contribution >= 4 is 43.9 Å². The van der Waals surface area contributed by atoms with Gasteiger partial charge in [-0.15, -0.1) is 0 Å². The molecule has 0 saturated carbocycles. The van der Waals surface area contributed by atoms with Gasteiger partial charge in [0.05, 0.1) is 10.2 Å². The lowest BCUT2D eigenvalue weighted by atomic mass is 10.3. The number of ether oxygens (including phenoxy) is 2. The van der Waals surface area contributed by atoms with Crippen molar-refractivity contribution in [2.75, 3.05) is 18.5 Å². The third-order valence-electron chi connectivity index (χ3n) is 3.84. The number of hydrogen-bond donors (Lipinski definition) is 1. The molecule has 7 nitrogen and oxygen atoms in total. The molecule has 4 rings (SSSR count). The summed E-state index contributed by atoms with van der Waals surface area (Å²) in [6.45, 7) is 3.27. The minimum Gasteiger partial charge on any atom is -0.486 e. The number of aromatic nitrogens is 2. The first-order valence-electron chi connectivity index (χ1n) is 7.75. The van der Waals surface area contributed by atoms with Crippen LogP contribution in [0, 0.1) is 6.92 Å². The molecule has 0 fully saturated rings. The topological polar surface area (TPSA) is 82.5 Å². The van der Waals surface area contributed by atoms with Crippen molar-refractivity contribution in [1.29, 1.82) is 0 Å². The van der Waals surface area contributed by atoms with Crippen LogP contribution in [0.2, 0.25) is 0 Å². The monoisotopic (exact) mass is 377 g/mol. The maximum Gasteiger partial charge on any atom is 0.307 e. The quantitative estimate of drug-likeness (QED) is 0.756. The van der Waals surface area contributed by atoms with E-state index in [0.29, 0.717) is 36.4 Å². The maximum absolute atomic E-state index is 12.2. The average Bonchev–Trinajstić information content (AvgIpc) is 3.12. The van der Waals surface area contributed by atoms with E-state index < -0.39 is 0 Å². The maximum atomic E-state index is 12.2. The lowest BCUT2D eigenvalue weighted by molar-refractivity contribution is -0.116. The van der Waals surface area contributed by atoms with Crippen molar-refractivity contribution < 1.29 is 14.3 Å². The van der Waals surface area contributed by atoms with Crippen LogP contribution in [0.15, 0.2) is 22.3 Å². The molecule has 130 valence electrons. The van der Waals surface area contributed by atoms with Gasteiger partial charge in [-0.1, -0.05) is 22.7 Å². The number of fused-ring (bicyclic) bond motifs is 2. The summed E-state index contributed by atoms with van der Waals surface area (Å²) in [4.78, 5) is 28.2. The van der Waals surface area contributed by atoms with Crippen LogP contribution in [0.25, 0.3) is 10.2 Å². The van der Waals surface area contributed by atoms with Crippen LogP contribution in [0.3, 0.4) is 0 Å². The highest BCUT2D eigenvalue weighted by atomic mass is 32.1. The van der Waals surface area contributed by atoms with E-state index in [1.54, 1.807) is 9.95 Å². The van der Waals surface area contributed by atoms with E-state index in [0.717, 1.165) is 27.2 Å². The van der Waals surface area contributed by atoms with Gasteiger partial charge in [0, 0.05) is 36.2 Å². The van der Waals surface area contributed by atoms with Crippen LogP contribution in [0.1, 0.15) is 12.1 Å². The highest BCUT2D eigenvalue weighted by Gasteiger charge is 2.16. The Labute approximate surface area is 150 Å². The van der Waals surface area contributed by atoms with Crippen molar-refractivity contribution in [3.05, 3.63) is 32.9 Å². The summed E-state index contributed by atoms with van der Waals surface area (Å²) in [5, 5.41) is 5.11. The van der Waals surface area contributed by atoms with Crippen molar-refractivity contribution in [1.82, 2.24) is 9.55 Å². The summed E-state index contributed by atoms with van der Waals surface area (Å²) in [6, 6.07) is 3.70. The second kappa shape index (κ2) is 6.49. The molecular formula is C16H15N3O4S2. The van der Waals surface area contributed by atoms with Crippen molar-refractivity contribution in [3.8, 4) is 11.5 Å². The van der Waals surface area contributed by atoms with Gasteiger partial charge in [0.25, 0.3) is 0 Å². The van der Waals surface area contributed by atoms with Gasteiger partial charge in [0.15, 0.2) is 16.6 Å². The van der Waals surface area contributed by atoms with E-state index in [4.69, 9.17) is 9.47 Å². The number of rotatable bonds is 4. The number of nitrogens with zero attached hydrogens (tertiary/aromatic N) is 2. The first-order valence-corrected chi connectivity index (χ1v) is 9.45. The molecule has 0 unspecified atom stereocenters. The fourth-order valence-corrected chi connectivity index (χ4v) is 4.24. The zero-order valence-corrected chi connectivity index (χ0v) is 15.0. The zero-order valence-electron chi connectivity index (χ0n) is 13.4. The predicted molar refractivity (Wildman–Crippen MR) is 97.2 cm³/mol. The van der Waals surface area contributed by atoms with Crippen molar-refractivity contribution in [2.45, 2.75) is 19.9 Å². The first-order chi connectivity index (χ1) is 12.1. The van der Waals surface area contributed by atoms with Gasteiger partial charge in [0.1, 0.15) is 13.2 Å². The third kappa shape index (κ3) is 3.24. The van der Waals surface area contributed by atoms with E-state index in [1.807, 2.05) is 19.1 Å². The molecule has 1 aliphatic heterocycles. The first kappa shape index (κ1) is 16.1. The molecule has 0 radical (unpaired) electrons. The molecule has 25 heavy (non-hydrogen) atoms. The summed E-state index contributed by atoms with van der Waals surface area (Å²) in [6.07, 6.45) is 0.218. The molecule has 0 spiro atoms. The summed E-state index contributed by atoms with van der Waals surface area (Å²) >= 11 is 2.53. The number of benzene rings is 1. The Bertz CT molecular complexity index is 962. The van der Waals surface area contributed by atoms with Crippen molar-refractivity contribution in [2.24, 2.45) is 0 Å². The van der Waals surface area contributed by atoms with Crippen LogP contribution in [-0.4, -0.2) is 28.7 Å². The van der Waals surface area contributed by atoms with Gasteiger partial charge in [-0.05, 0) is 6.92 Å². The molecule has 0 saturated heterocycles. The number of aryl methyl sites for hydroxylation is 1. The molecule has 0 bridgehead atoms. The lowest BCUT2D eigenvalue weighted by Gasteiger charge is -2.17. The van der Waals surface area contributed by atoms with Crippen molar-refractivity contribution in [3.63, 3.8) is 0 Å². The highest BCUT2D eigenvalue weighted by molar-refractivity contribution is 7.22. The Morgan fingerprint density at radius 3 is 2.80 bits per heavy atom. The van der Waals surface area contributed by atoms with Gasteiger partial charge in [-0.3, -0.25) is 9.59 Å². The van der Waals surface area contributed by atoms with Crippen LogP contribution in [0.5, 0.6) is 11.5 Å². The Morgan fingerprint density at radius 1 is 1.32 bits per heavy atom. The molecule has 0 atom stereocenters. The lowest BCUT2D eigenvalue weighted by Crippen LogP contribution is -2.20. The normalized spacial score (nSPS) is 13.2. The predicted octanol–water partition coefficient (Wildman–Crippen LogP) is 2.63. The van der Waals surface area contributed by atoms with E-state index in [-0.39, 0.29) is 17.2 Å². The fraction of sp³-hybridized carbons (Fsp3) is 0.312. The highest BCUT2D eigenvalue weighted by Crippen LogP contribution is 2.37. The molecule has 1 aromatic carbocycles. The number of amides is 1. The zero-order chi connectivity index (χ0) is 17.4. The molecule has 1 aliphatic rings. The molecule has 1 N–H and O–H groups in total. The van der Waals surface area contributed by atoms with Gasteiger partial charge in [-0.25, -0.2) is 4.98 Å². The van der Waals surface area contributed by atoms with E-state index >= 15 is 0 Å². The van der Waals surface area contributed by atoms with E-state index in [2.05, 4.69) is 10.3 Å². The van der Waals surface area contributed by atoms with Gasteiger partial charge in [-0.2, -0.15) is 0 Å². The molecule has 2 aromatic heterocycles. The number of nitrogens with one attached hydrogen (secondary N) is 1. The average molecular weight is 377 g/mol.